The molecule has 1 aromatic carbocycles. The number of nitrogens with one attached hydrogen (secondary N) is 1. The van der Waals surface area contributed by atoms with E-state index < -0.39 is 5.91 Å². The van der Waals surface area contributed by atoms with Gasteiger partial charge in [-0.1, -0.05) is 23.7 Å². The van der Waals surface area contributed by atoms with E-state index in [0.717, 1.165) is 43.1 Å². The zero-order valence-corrected chi connectivity index (χ0v) is 17.8. The van der Waals surface area contributed by atoms with Gasteiger partial charge in [-0.15, -0.1) is 0 Å². The molecule has 8 nitrogen and oxygen atoms in total. The standard InChI is InChI=1S/C21H25ClN6O2/c1-14(4-7-19(24-2)28-10-8-27(3)9-11-28)15-5-6-16(22)17(12-15)25-20(29)18-13-30-21(23)26-18/h4-7,12-13H,2,8-11H2,1,3H3,(H2,23,26)(H,25,29)/b14-4+,19-7+. The lowest BCUT2D eigenvalue weighted by atomic mass is 10.1. The molecular weight excluding hydrogens is 404 g/mol. The Bertz CT molecular complexity index is 989. The number of nitrogen functional groups attached to an aromatic ring is 1. The number of carbonyl (C=O) groups is 1. The number of likely N-dealkylation sites (N-methyl/N-ethyl adjacent to an activating group) is 1. The quantitative estimate of drug-likeness (QED) is 0.540. The van der Waals surface area contributed by atoms with Gasteiger partial charge in [0.2, 0.25) is 0 Å². The number of benzene rings is 1. The van der Waals surface area contributed by atoms with E-state index in [4.69, 9.17) is 21.8 Å². The molecule has 2 aromatic rings. The number of amides is 1. The summed E-state index contributed by atoms with van der Waals surface area (Å²) < 4.78 is 4.87. The first kappa shape index (κ1) is 21.6. The van der Waals surface area contributed by atoms with Gasteiger partial charge in [-0.2, -0.15) is 4.98 Å². The minimum Gasteiger partial charge on any atom is -0.431 e. The van der Waals surface area contributed by atoms with Crippen molar-refractivity contribution in [1.82, 2.24) is 14.8 Å². The molecule has 0 radical (unpaired) electrons. The van der Waals surface area contributed by atoms with Crippen molar-refractivity contribution in [2.75, 3.05) is 44.3 Å². The van der Waals surface area contributed by atoms with Crippen molar-refractivity contribution in [2.24, 2.45) is 4.99 Å². The molecule has 9 heteroatoms. The summed E-state index contributed by atoms with van der Waals surface area (Å²) in [5.74, 6) is 0.387. The molecule has 0 aliphatic carbocycles. The van der Waals surface area contributed by atoms with Crippen LogP contribution >= 0.6 is 11.6 Å². The van der Waals surface area contributed by atoms with E-state index in [1.54, 1.807) is 12.1 Å². The second-order valence-electron chi connectivity index (χ2n) is 7.04. The second-order valence-corrected chi connectivity index (χ2v) is 7.45. The SMILES string of the molecule is C=N/C(=C\C=C(/C)c1ccc(Cl)c(NC(=O)c2coc(N)n2)c1)N1CCN(C)CC1. The fraction of sp³-hybridized carbons (Fsp3) is 0.286. The van der Waals surface area contributed by atoms with Crippen LogP contribution in [0.2, 0.25) is 5.02 Å². The first-order valence-electron chi connectivity index (χ1n) is 9.48. The number of rotatable bonds is 6. The van der Waals surface area contributed by atoms with Gasteiger partial charge >= 0.3 is 0 Å². The van der Waals surface area contributed by atoms with Gasteiger partial charge in [0.15, 0.2) is 5.69 Å². The predicted octanol–water partition coefficient (Wildman–Crippen LogP) is 3.36. The molecule has 1 aliphatic heterocycles. The molecule has 1 aliphatic rings. The Hall–Kier alpha value is -3.10. The zero-order valence-electron chi connectivity index (χ0n) is 17.1. The lowest BCUT2D eigenvalue weighted by molar-refractivity contribution is 0.102. The Morgan fingerprint density at radius 3 is 2.70 bits per heavy atom. The number of anilines is 2. The fourth-order valence-electron chi connectivity index (χ4n) is 3.03. The molecule has 0 bridgehead atoms. The highest BCUT2D eigenvalue weighted by Crippen LogP contribution is 2.27. The molecule has 0 atom stereocenters. The number of aromatic nitrogens is 1. The third kappa shape index (κ3) is 5.28. The van der Waals surface area contributed by atoms with Crippen LogP contribution in [0.4, 0.5) is 11.7 Å². The monoisotopic (exact) mass is 428 g/mol. The van der Waals surface area contributed by atoms with Crippen LogP contribution in [0.25, 0.3) is 5.57 Å². The molecule has 1 amide bonds. The summed E-state index contributed by atoms with van der Waals surface area (Å²) in [7, 11) is 2.11. The van der Waals surface area contributed by atoms with Gasteiger partial charge in [0, 0.05) is 26.2 Å². The summed E-state index contributed by atoms with van der Waals surface area (Å²) in [4.78, 5) is 24.8. The van der Waals surface area contributed by atoms with Crippen LogP contribution in [0.5, 0.6) is 0 Å². The molecule has 3 rings (SSSR count). The normalized spacial score (nSPS) is 15.9. The molecule has 158 valence electrons. The van der Waals surface area contributed by atoms with Gasteiger partial charge in [0.05, 0.1) is 10.7 Å². The smallest absolute Gasteiger partial charge is 0.292 e. The fourth-order valence-corrected chi connectivity index (χ4v) is 3.20. The molecule has 3 N–H and O–H groups in total. The molecule has 2 heterocycles. The largest absolute Gasteiger partial charge is 0.431 e. The van der Waals surface area contributed by atoms with E-state index in [1.807, 2.05) is 25.1 Å². The number of piperazine rings is 1. The summed E-state index contributed by atoms with van der Waals surface area (Å²) in [5, 5.41) is 3.15. The van der Waals surface area contributed by atoms with Gasteiger partial charge < -0.3 is 25.3 Å². The number of carbonyl (C=O) groups excluding carboxylic acids is 1. The number of aliphatic imine (C=N–C) groups is 1. The van der Waals surface area contributed by atoms with Crippen LogP contribution in [0, 0.1) is 0 Å². The molecule has 30 heavy (non-hydrogen) atoms. The van der Waals surface area contributed by atoms with Crippen LogP contribution in [-0.4, -0.2) is 60.6 Å². The molecule has 1 saturated heterocycles. The molecule has 1 aromatic heterocycles. The number of allylic oxidation sites excluding steroid dienone is 3. The third-order valence-electron chi connectivity index (χ3n) is 4.90. The second kappa shape index (κ2) is 9.60. The van der Waals surface area contributed by atoms with Gasteiger partial charge in [0.1, 0.15) is 12.1 Å². The molecule has 0 saturated carbocycles. The molecule has 0 spiro atoms. The number of hydrogen-bond donors (Lipinski definition) is 2. The minimum atomic E-state index is -0.454. The third-order valence-corrected chi connectivity index (χ3v) is 5.23. The van der Waals surface area contributed by atoms with Crippen molar-refractivity contribution in [3.05, 3.63) is 58.7 Å². The first-order chi connectivity index (χ1) is 14.4. The van der Waals surface area contributed by atoms with E-state index in [9.17, 15) is 4.79 Å². The van der Waals surface area contributed by atoms with Crippen LogP contribution in [-0.2, 0) is 0 Å². The van der Waals surface area contributed by atoms with Crippen LogP contribution in [0.15, 0.2) is 51.8 Å². The van der Waals surface area contributed by atoms with E-state index in [0.29, 0.717) is 10.7 Å². The first-order valence-corrected chi connectivity index (χ1v) is 9.86. The molecular formula is C21H25ClN6O2. The van der Waals surface area contributed by atoms with E-state index in [-0.39, 0.29) is 11.7 Å². The molecule has 1 fully saturated rings. The van der Waals surface area contributed by atoms with E-state index in [2.05, 4.69) is 38.9 Å². The average molecular weight is 429 g/mol. The van der Waals surface area contributed by atoms with Gasteiger partial charge in [0.25, 0.3) is 11.9 Å². The van der Waals surface area contributed by atoms with Gasteiger partial charge in [-0.3, -0.25) is 4.79 Å². The summed E-state index contributed by atoms with van der Waals surface area (Å²) in [6.07, 6.45) is 5.13. The lowest BCUT2D eigenvalue weighted by Gasteiger charge is -2.33. The Morgan fingerprint density at radius 1 is 1.33 bits per heavy atom. The Labute approximate surface area is 180 Å². The summed E-state index contributed by atoms with van der Waals surface area (Å²) >= 11 is 6.25. The van der Waals surface area contributed by atoms with Crippen molar-refractivity contribution >= 4 is 41.5 Å². The topological polar surface area (TPSA) is 100.0 Å². The summed E-state index contributed by atoms with van der Waals surface area (Å²) in [5.41, 5.74) is 7.87. The van der Waals surface area contributed by atoms with Crippen molar-refractivity contribution in [1.29, 1.82) is 0 Å². The molecule has 0 unspecified atom stereocenters. The van der Waals surface area contributed by atoms with Crippen LogP contribution in [0.3, 0.4) is 0 Å². The van der Waals surface area contributed by atoms with Crippen molar-refractivity contribution < 1.29 is 9.21 Å². The Balaban J connectivity index is 1.76. The van der Waals surface area contributed by atoms with Gasteiger partial charge in [-0.25, -0.2) is 4.99 Å². The minimum absolute atomic E-state index is 0.0717. The van der Waals surface area contributed by atoms with Gasteiger partial charge in [-0.05, 0) is 50.0 Å². The summed E-state index contributed by atoms with van der Waals surface area (Å²) in [6, 6.07) is 5.36. The average Bonchev–Trinajstić information content (AvgIpc) is 3.17. The number of nitrogens with zero attached hydrogens (tertiary/aromatic N) is 4. The number of oxazole rings is 1. The van der Waals surface area contributed by atoms with E-state index in [1.165, 1.54) is 6.26 Å². The highest BCUT2D eigenvalue weighted by Gasteiger charge is 2.15. The van der Waals surface area contributed by atoms with E-state index >= 15 is 0 Å². The Morgan fingerprint density at radius 2 is 2.07 bits per heavy atom. The van der Waals surface area contributed by atoms with Crippen molar-refractivity contribution in [2.45, 2.75) is 6.92 Å². The Kier molecular flexibility index (Phi) is 6.91. The number of nitrogens with two attached hydrogens (primary N) is 1. The van der Waals surface area contributed by atoms with Crippen LogP contribution in [0.1, 0.15) is 23.0 Å². The van der Waals surface area contributed by atoms with Crippen LogP contribution < -0.4 is 11.1 Å². The maximum absolute atomic E-state index is 12.3. The maximum Gasteiger partial charge on any atom is 0.292 e. The van der Waals surface area contributed by atoms with Crippen molar-refractivity contribution in [3.63, 3.8) is 0 Å². The summed E-state index contributed by atoms with van der Waals surface area (Å²) in [6.45, 7) is 9.50. The predicted molar refractivity (Wildman–Crippen MR) is 121 cm³/mol. The number of hydrogen-bond acceptors (Lipinski definition) is 7. The highest BCUT2D eigenvalue weighted by atomic mass is 35.5. The maximum atomic E-state index is 12.3. The number of halogens is 1. The zero-order chi connectivity index (χ0) is 21.7. The lowest BCUT2D eigenvalue weighted by Crippen LogP contribution is -2.43. The van der Waals surface area contributed by atoms with Crippen molar-refractivity contribution in [3.8, 4) is 0 Å². The highest BCUT2D eigenvalue weighted by molar-refractivity contribution is 6.34.